The van der Waals surface area contributed by atoms with E-state index in [0.717, 1.165) is 6.07 Å². The standard InChI is InChI=1S/C13H19F3N2O2S/c1-4-17-10(3)8-18-21(19,20)11-6-5-9(2)12(7-11)13(14,15)16/h5-7,10,17-18H,4,8H2,1-3H3/t10-/m1/s1. The van der Waals surface area contributed by atoms with Crippen LogP contribution in [-0.2, 0) is 16.2 Å². The second kappa shape index (κ2) is 6.76. The zero-order chi connectivity index (χ0) is 16.3. The molecule has 2 N–H and O–H groups in total. The Kier molecular flexibility index (Phi) is 5.77. The number of alkyl halides is 3. The fourth-order valence-corrected chi connectivity index (χ4v) is 2.97. The molecule has 0 aliphatic carbocycles. The molecule has 1 rings (SSSR count). The number of benzene rings is 1. The van der Waals surface area contributed by atoms with Gasteiger partial charge in [0.25, 0.3) is 0 Å². The van der Waals surface area contributed by atoms with Gasteiger partial charge >= 0.3 is 6.18 Å². The first-order valence-corrected chi connectivity index (χ1v) is 7.97. The van der Waals surface area contributed by atoms with Gasteiger partial charge in [0.2, 0.25) is 10.0 Å². The van der Waals surface area contributed by atoms with Crippen molar-refractivity contribution >= 4 is 10.0 Å². The topological polar surface area (TPSA) is 58.2 Å². The zero-order valence-corrected chi connectivity index (χ0v) is 12.9. The average molecular weight is 324 g/mol. The number of likely N-dealkylation sites (N-methyl/N-ethyl adjacent to an activating group) is 1. The van der Waals surface area contributed by atoms with Gasteiger partial charge in [-0.25, -0.2) is 13.1 Å². The zero-order valence-electron chi connectivity index (χ0n) is 12.1. The molecule has 21 heavy (non-hydrogen) atoms. The van der Waals surface area contributed by atoms with E-state index in [1.54, 1.807) is 6.92 Å². The van der Waals surface area contributed by atoms with Gasteiger partial charge < -0.3 is 5.32 Å². The van der Waals surface area contributed by atoms with Crippen LogP contribution in [0.2, 0.25) is 0 Å². The normalized spacial score (nSPS) is 14.2. The number of sulfonamides is 1. The van der Waals surface area contributed by atoms with Crippen LogP contribution in [0.5, 0.6) is 0 Å². The molecular formula is C13H19F3N2O2S. The van der Waals surface area contributed by atoms with E-state index in [1.165, 1.54) is 13.0 Å². The molecule has 0 amide bonds. The Morgan fingerprint density at radius 2 is 1.90 bits per heavy atom. The highest BCUT2D eigenvalue weighted by atomic mass is 32.2. The lowest BCUT2D eigenvalue weighted by Gasteiger charge is -2.15. The molecule has 1 aromatic rings. The maximum Gasteiger partial charge on any atom is 0.416 e. The van der Waals surface area contributed by atoms with E-state index in [1.807, 2.05) is 6.92 Å². The summed E-state index contributed by atoms with van der Waals surface area (Å²) in [5.74, 6) is 0. The molecule has 0 fully saturated rings. The summed E-state index contributed by atoms with van der Waals surface area (Å²) in [5, 5.41) is 3.01. The Bertz CT molecular complexity index is 586. The molecule has 1 atom stereocenters. The van der Waals surface area contributed by atoms with Crippen molar-refractivity contribution in [2.45, 2.75) is 37.9 Å². The lowest BCUT2D eigenvalue weighted by atomic mass is 10.1. The molecule has 0 saturated carbocycles. The van der Waals surface area contributed by atoms with Crippen LogP contribution in [0.25, 0.3) is 0 Å². The molecule has 0 heterocycles. The smallest absolute Gasteiger partial charge is 0.313 e. The first kappa shape index (κ1) is 17.9. The molecule has 0 radical (unpaired) electrons. The molecule has 0 aromatic heterocycles. The summed E-state index contributed by atoms with van der Waals surface area (Å²) in [6, 6.07) is 2.88. The van der Waals surface area contributed by atoms with Crippen molar-refractivity contribution in [3.63, 3.8) is 0 Å². The second-order valence-electron chi connectivity index (χ2n) is 4.79. The molecule has 0 aliphatic rings. The average Bonchev–Trinajstić information content (AvgIpc) is 2.36. The van der Waals surface area contributed by atoms with E-state index in [0.29, 0.717) is 12.6 Å². The monoisotopic (exact) mass is 324 g/mol. The highest BCUT2D eigenvalue weighted by Gasteiger charge is 2.33. The number of rotatable bonds is 6. The Morgan fingerprint density at radius 1 is 1.29 bits per heavy atom. The predicted octanol–water partition coefficient (Wildman–Crippen LogP) is 2.29. The van der Waals surface area contributed by atoms with Crippen molar-refractivity contribution in [2.75, 3.05) is 13.1 Å². The lowest BCUT2D eigenvalue weighted by Crippen LogP contribution is -2.38. The van der Waals surface area contributed by atoms with E-state index in [-0.39, 0.29) is 23.0 Å². The fourth-order valence-electron chi connectivity index (χ4n) is 1.81. The summed E-state index contributed by atoms with van der Waals surface area (Å²) < 4.78 is 64.8. The molecule has 1 aromatic carbocycles. The van der Waals surface area contributed by atoms with Crippen LogP contribution in [-0.4, -0.2) is 27.5 Å². The summed E-state index contributed by atoms with van der Waals surface area (Å²) in [7, 11) is -3.96. The maximum atomic E-state index is 12.8. The first-order valence-electron chi connectivity index (χ1n) is 6.49. The van der Waals surface area contributed by atoms with Crippen molar-refractivity contribution in [2.24, 2.45) is 0 Å². The van der Waals surface area contributed by atoms with Crippen LogP contribution in [0.1, 0.15) is 25.0 Å². The molecule has 8 heteroatoms. The molecule has 0 unspecified atom stereocenters. The quantitative estimate of drug-likeness (QED) is 0.844. The summed E-state index contributed by atoms with van der Waals surface area (Å²) in [6.07, 6.45) is -4.58. The van der Waals surface area contributed by atoms with Gasteiger partial charge in [-0.15, -0.1) is 0 Å². The maximum absolute atomic E-state index is 12.8. The van der Waals surface area contributed by atoms with Gasteiger partial charge in [0.15, 0.2) is 0 Å². The number of hydrogen-bond acceptors (Lipinski definition) is 3. The van der Waals surface area contributed by atoms with Crippen LogP contribution >= 0.6 is 0 Å². The fraction of sp³-hybridized carbons (Fsp3) is 0.538. The third-order valence-corrected chi connectivity index (χ3v) is 4.38. The third-order valence-electron chi connectivity index (χ3n) is 2.96. The summed E-state index contributed by atoms with van der Waals surface area (Å²) in [5.41, 5.74) is -0.951. The number of nitrogens with one attached hydrogen (secondary N) is 2. The molecule has 0 aliphatic heterocycles. The van der Waals surface area contributed by atoms with Gasteiger partial charge in [0.1, 0.15) is 0 Å². The summed E-state index contributed by atoms with van der Waals surface area (Å²) in [4.78, 5) is -0.385. The Hall–Kier alpha value is -1.12. The Labute approximate surface area is 122 Å². The number of hydrogen-bond donors (Lipinski definition) is 2. The van der Waals surface area contributed by atoms with E-state index in [2.05, 4.69) is 10.0 Å². The number of halogens is 3. The van der Waals surface area contributed by atoms with Crippen LogP contribution in [0.3, 0.4) is 0 Å². The minimum absolute atomic E-state index is 0.0116. The van der Waals surface area contributed by atoms with E-state index in [4.69, 9.17) is 0 Å². The highest BCUT2D eigenvalue weighted by molar-refractivity contribution is 7.89. The molecule has 120 valence electrons. The largest absolute Gasteiger partial charge is 0.416 e. The van der Waals surface area contributed by atoms with E-state index < -0.39 is 21.8 Å². The third kappa shape index (κ3) is 4.98. The van der Waals surface area contributed by atoms with Crippen LogP contribution < -0.4 is 10.0 Å². The van der Waals surface area contributed by atoms with Crippen LogP contribution in [0.15, 0.2) is 23.1 Å². The molecule has 0 bridgehead atoms. The van der Waals surface area contributed by atoms with Crippen molar-refractivity contribution in [1.82, 2.24) is 10.0 Å². The Morgan fingerprint density at radius 3 is 2.43 bits per heavy atom. The summed E-state index contributed by atoms with van der Waals surface area (Å²) >= 11 is 0. The van der Waals surface area contributed by atoms with E-state index in [9.17, 15) is 21.6 Å². The van der Waals surface area contributed by atoms with Crippen molar-refractivity contribution < 1.29 is 21.6 Å². The molecule has 4 nitrogen and oxygen atoms in total. The van der Waals surface area contributed by atoms with Gasteiger partial charge in [-0.05, 0) is 38.1 Å². The lowest BCUT2D eigenvalue weighted by molar-refractivity contribution is -0.138. The van der Waals surface area contributed by atoms with Gasteiger partial charge in [0, 0.05) is 12.6 Å². The van der Waals surface area contributed by atoms with Crippen LogP contribution in [0, 0.1) is 6.92 Å². The molecular weight excluding hydrogens is 305 g/mol. The second-order valence-corrected chi connectivity index (χ2v) is 6.55. The van der Waals surface area contributed by atoms with Gasteiger partial charge in [-0.1, -0.05) is 13.0 Å². The SMILES string of the molecule is CCN[C@H](C)CNS(=O)(=O)c1ccc(C)c(C(F)(F)F)c1. The van der Waals surface area contributed by atoms with Crippen LogP contribution in [0.4, 0.5) is 13.2 Å². The minimum atomic E-state index is -4.58. The predicted molar refractivity (Wildman–Crippen MR) is 74.5 cm³/mol. The van der Waals surface area contributed by atoms with Crippen molar-refractivity contribution in [1.29, 1.82) is 0 Å². The van der Waals surface area contributed by atoms with Gasteiger partial charge in [0.05, 0.1) is 10.5 Å². The number of aryl methyl sites for hydroxylation is 1. The van der Waals surface area contributed by atoms with Gasteiger partial charge in [-0.3, -0.25) is 0 Å². The van der Waals surface area contributed by atoms with Gasteiger partial charge in [-0.2, -0.15) is 13.2 Å². The van der Waals surface area contributed by atoms with E-state index >= 15 is 0 Å². The van der Waals surface area contributed by atoms with Crippen molar-refractivity contribution in [3.8, 4) is 0 Å². The first-order chi connectivity index (χ1) is 9.58. The van der Waals surface area contributed by atoms with Crippen molar-refractivity contribution in [3.05, 3.63) is 29.3 Å². The Balaban J connectivity index is 2.99. The minimum Gasteiger partial charge on any atom is -0.313 e. The summed E-state index contributed by atoms with van der Waals surface area (Å²) in [6.45, 7) is 5.72. The molecule has 0 spiro atoms. The highest BCUT2D eigenvalue weighted by Crippen LogP contribution is 2.33. The molecule has 0 saturated heterocycles.